The van der Waals surface area contributed by atoms with Crippen molar-refractivity contribution in [1.82, 2.24) is 4.90 Å². The number of ether oxygens (including phenoxy) is 1. The number of hydrogen-bond acceptors (Lipinski definition) is 2. The Kier molecular flexibility index (Phi) is 5.00. The van der Waals surface area contributed by atoms with Gasteiger partial charge < -0.3 is 9.64 Å². The molecule has 3 nitrogen and oxygen atoms in total. The number of likely N-dealkylation sites (tertiary alicyclic amines) is 1. The molecule has 0 radical (unpaired) electrons. The van der Waals surface area contributed by atoms with Crippen LogP contribution >= 0.6 is 0 Å². The highest BCUT2D eigenvalue weighted by atomic mass is 19.3. The maximum Gasteiger partial charge on any atom is 0.248 e. The number of carbonyl (C=O) groups excluding carboxylic acids is 1. The zero-order valence-corrected chi connectivity index (χ0v) is 13.2. The fourth-order valence-electron chi connectivity index (χ4n) is 4.15. The first-order valence-electron chi connectivity index (χ1n) is 8.85. The monoisotopic (exact) mass is 315 g/mol. The van der Waals surface area contributed by atoms with Crippen LogP contribution in [0.1, 0.15) is 64.2 Å². The van der Waals surface area contributed by atoms with E-state index in [0.29, 0.717) is 32.0 Å². The van der Waals surface area contributed by atoms with Gasteiger partial charge in [0.15, 0.2) is 0 Å². The third kappa shape index (κ3) is 3.98. The van der Waals surface area contributed by atoms with Gasteiger partial charge in [-0.2, -0.15) is 0 Å². The van der Waals surface area contributed by atoms with Crippen LogP contribution in [0.2, 0.25) is 0 Å². The number of nitrogens with zero attached hydrogens (tertiary/aromatic N) is 1. The van der Waals surface area contributed by atoms with E-state index < -0.39 is 11.8 Å². The van der Waals surface area contributed by atoms with E-state index in [1.807, 2.05) is 0 Å². The van der Waals surface area contributed by atoms with Crippen molar-refractivity contribution < 1.29 is 18.3 Å². The molecule has 1 saturated heterocycles. The van der Waals surface area contributed by atoms with E-state index in [9.17, 15) is 13.6 Å². The molecule has 3 rings (SSSR count). The molecule has 0 aromatic heterocycles. The standard InChI is InChI=1S/C17H27F2NO2/c18-17(19)9-3-4-13(12-17)16(21)20-10-7-15(8-11-20)22-14-5-1-2-6-14/h13-15H,1-12H2. The molecule has 1 aliphatic heterocycles. The molecule has 2 aliphatic carbocycles. The van der Waals surface area contributed by atoms with Gasteiger partial charge in [-0.3, -0.25) is 4.79 Å². The van der Waals surface area contributed by atoms with Crippen LogP contribution in [0.25, 0.3) is 0 Å². The van der Waals surface area contributed by atoms with Gasteiger partial charge in [0.1, 0.15) is 0 Å². The Labute approximate surface area is 131 Å². The summed E-state index contributed by atoms with van der Waals surface area (Å²) < 4.78 is 33.1. The van der Waals surface area contributed by atoms with Gasteiger partial charge >= 0.3 is 0 Å². The van der Waals surface area contributed by atoms with Gasteiger partial charge in [-0.25, -0.2) is 8.78 Å². The summed E-state index contributed by atoms with van der Waals surface area (Å²) in [6, 6.07) is 0. The summed E-state index contributed by atoms with van der Waals surface area (Å²) in [7, 11) is 0. The predicted molar refractivity (Wildman–Crippen MR) is 79.8 cm³/mol. The Morgan fingerprint density at radius 1 is 0.955 bits per heavy atom. The second kappa shape index (κ2) is 6.81. The van der Waals surface area contributed by atoms with Crippen LogP contribution in [0, 0.1) is 5.92 Å². The molecule has 3 aliphatic rings. The Hall–Kier alpha value is -0.710. The topological polar surface area (TPSA) is 29.5 Å². The Bertz CT molecular complexity index is 388. The van der Waals surface area contributed by atoms with Crippen molar-refractivity contribution in [3.8, 4) is 0 Å². The normalized spacial score (nSPS) is 30.6. The molecule has 126 valence electrons. The van der Waals surface area contributed by atoms with E-state index >= 15 is 0 Å². The third-order valence-corrected chi connectivity index (χ3v) is 5.43. The van der Waals surface area contributed by atoms with Crippen molar-refractivity contribution in [3.63, 3.8) is 0 Å². The van der Waals surface area contributed by atoms with Crippen molar-refractivity contribution >= 4 is 5.91 Å². The molecular formula is C17H27F2NO2. The van der Waals surface area contributed by atoms with E-state index in [1.54, 1.807) is 4.90 Å². The lowest BCUT2D eigenvalue weighted by molar-refractivity contribution is -0.145. The van der Waals surface area contributed by atoms with E-state index in [2.05, 4.69) is 0 Å². The molecule has 1 unspecified atom stereocenters. The molecule has 0 aromatic rings. The Morgan fingerprint density at radius 2 is 1.59 bits per heavy atom. The van der Waals surface area contributed by atoms with Crippen LogP contribution in [-0.2, 0) is 9.53 Å². The van der Waals surface area contributed by atoms with Crippen LogP contribution in [0.5, 0.6) is 0 Å². The molecule has 3 fully saturated rings. The minimum atomic E-state index is -2.65. The lowest BCUT2D eigenvalue weighted by atomic mass is 9.85. The summed E-state index contributed by atoms with van der Waals surface area (Å²) in [6.45, 7) is 1.33. The first-order valence-corrected chi connectivity index (χ1v) is 8.85. The summed E-state index contributed by atoms with van der Waals surface area (Å²) in [5, 5.41) is 0. The van der Waals surface area contributed by atoms with Crippen LogP contribution in [0.3, 0.4) is 0 Å². The minimum absolute atomic E-state index is 0.0568. The smallest absolute Gasteiger partial charge is 0.248 e. The van der Waals surface area contributed by atoms with Gasteiger partial charge in [0.25, 0.3) is 0 Å². The Morgan fingerprint density at radius 3 is 2.23 bits per heavy atom. The lowest BCUT2D eigenvalue weighted by Crippen LogP contribution is -2.46. The zero-order valence-electron chi connectivity index (χ0n) is 13.2. The van der Waals surface area contributed by atoms with Gasteiger partial charge in [-0.1, -0.05) is 12.8 Å². The quantitative estimate of drug-likeness (QED) is 0.793. The second-order valence-electron chi connectivity index (χ2n) is 7.22. The molecule has 22 heavy (non-hydrogen) atoms. The third-order valence-electron chi connectivity index (χ3n) is 5.43. The van der Waals surface area contributed by atoms with Crippen LogP contribution in [0.4, 0.5) is 8.78 Å². The summed E-state index contributed by atoms with van der Waals surface area (Å²) in [5.74, 6) is -3.18. The molecule has 5 heteroatoms. The van der Waals surface area contributed by atoms with E-state index in [1.165, 1.54) is 12.8 Å². The molecule has 1 atom stereocenters. The molecular weight excluding hydrogens is 288 g/mol. The van der Waals surface area contributed by atoms with Crippen LogP contribution in [-0.4, -0.2) is 42.0 Å². The van der Waals surface area contributed by atoms with Gasteiger partial charge in [-0.05, 0) is 38.5 Å². The predicted octanol–water partition coefficient (Wildman–Crippen LogP) is 3.76. The average Bonchev–Trinajstić information content (AvgIpc) is 2.99. The van der Waals surface area contributed by atoms with Gasteiger partial charge in [-0.15, -0.1) is 0 Å². The molecule has 0 spiro atoms. The molecule has 0 N–H and O–H groups in total. The van der Waals surface area contributed by atoms with Crippen molar-refractivity contribution in [2.24, 2.45) is 5.92 Å². The summed E-state index contributed by atoms with van der Waals surface area (Å²) in [6.07, 6.45) is 7.97. The summed E-state index contributed by atoms with van der Waals surface area (Å²) >= 11 is 0. The highest BCUT2D eigenvalue weighted by Crippen LogP contribution is 2.37. The second-order valence-corrected chi connectivity index (χ2v) is 7.22. The van der Waals surface area contributed by atoms with Crippen molar-refractivity contribution in [2.75, 3.05) is 13.1 Å². The largest absolute Gasteiger partial charge is 0.375 e. The summed E-state index contributed by atoms with van der Waals surface area (Å²) in [5.41, 5.74) is 0. The molecule has 1 heterocycles. The number of halogens is 2. The number of rotatable bonds is 3. The zero-order chi connectivity index (χ0) is 15.6. The number of hydrogen-bond donors (Lipinski definition) is 0. The highest BCUT2D eigenvalue weighted by molar-refractivity contribution is 5.79. The van der Waals surface area contributed by atoms with Gasteiger partial charge in [0, 0.05) is 31.8 Å². The van der Waals surface area contributed by atoms with Crippen molar-refractivity contribution in [3.05, 3.63) is 0 Å². The molecule has 2 saturated carbocycles. The number of alkyl halides is 2. The van der Waals surface area contributed by atoms with E-state index in [-0.39, 0.29) is 24.9 Å². The minimum Gasteiger partial charge on any atom is -0.375 e. The molecule has 1 amide bonds. The van der Waals surface area contributed by atoms with Gasteiger partial charge in [0.05, 0.1) is 12.2 Å². The van der Waals surface area contributed by atoms with Crippen LogP contribution in [0.15, 0.2) is 0 Å². The summed E-state index contributed by atoms with van der Waals surface area (Å²) in [4.78, 5) is 14.2. The first-order chi connectivity index (χ1) is 10.5. The van der Waals surface area contributed by atoms with E-state index in [4.69, 9.17) is 4.74 Å². The highest BCUT2D eigenvalue weighted by Gasteiger charge is 2.41. The fraction of sp³-hybridized carbons (Fsp3) is 0.941. The van der Waals surface area contributed by atoms with Crippen molar-refractivity contribution in [2.45, 2.75) is 82.3 Å². The van der Waals surface area contributed by atoms with Gasteiger partial charge in [0.2, 0.25) is 11.8 Å². The lowest BCUT2D eigenvalue weighted by Gasteiger charge is -2.37. The number of carbonyl (C=O) groups is 1. The van der Waals surface area contributed by atoms with Crippen LogP contribution < -0.4 is 0 Å². The van der Waals surface area contributed by atoms with Crippen molar-refractivity contribution in [1.29, 1.82) is 0 Å². The molecule has 0 aromatic carbocycles. The molecule has 0 bridgehead atoms. The van der Waals surface area contributed by atoms with E-state index in [0.717, 1.165) is 25.7 Å². The number of piperidine rings is 1. The fourth-order valence-corrected chi connectivity index (χ4v) is 4.15. The maximum atomic E-state index is 13.5. The number of amides is 1. The Balaban J connectivity index is 1.45. The SMILES string of the molecule is O=C(C1CCCC(F)(F)C1)N1CCC(OC2CCCC2)CC1. The maximum absolute atomic E-state index is 13.5. The first kappa shape index (κ1) is 16.2. The average molecular weight is 315 g/mol.